The average Bonchev–Trinajstić information content (AvgIpc) is 3.41. The Morgan fingerprint density at radius 3 is 2.31 bits per heavy atom. The minimum atomic E-state index is -4.74. The number of benzene rings is 3. The third-order valence-corrected chi connectivity index (χ3v) is 10.8. The summed E-state index contributed by atoms with van der Waals surface area (Å²) < 4.78 is 41.7. The number of rotatable bonds is 8. The van der Waals surface area contributed by atoms with Crippen LogP contribution in [-0.2, 0) is 48.0 Å². The van der Waals surface area contributed by atoms with E-state index in [1.807, 2.05) is 43.3 Å². The Kier molecular flexibility index (Phi) is 11.4. The summed E-state index contributed by atoms with van der Waals surface area (Å²) in [7, 11) is 4.02. The van der Waals surface area contributed by atoms with Crippen LogP contribution in [0.1, 0.15) is 52.6 Å². The van der Waals surface area contributed by atoms with Crippen molar-refractivity contribution in [1.29, 1.82) is 0 Å². The van der Waals surface area contributed by atoms with Crippen LogP contribution in [0.25, 0.3) is 0 Å². The molecule has 52 heavy (non-hydrogen) atoms. The molecule has 0 aromatic heterocycles. The second-order valence-electron chi connectivity index (χ2n) is 14.5. The minimum Gasteiger partial charge on any atom is -0.397 e. The van der Waals surface area contributed by atoms with Crippen LogP contribution in [0.4, 0.5) is 29.3 Å². The Morgan fingerprint density at radius 2 is 1.60 bits per heavy atom. The van der Waals surface area contributed by atoms with Crippen LogP contribution in [0.5, 0.6) is 0 Å². The highest BCUT2D eigenvalue weighted by Gasteiger charge is 2.37. The number of hydrogen-bond donors (Lipinski definition) is 2. The Morgan fingerprint density at radius 1 is 0.904 bits per heavy atom. The summed E-state index contributed by atoms with van der Waals surface area (Å²) in [4.78, 5) is 48.7. The summed E-state index contributed by atoms with van der Waals surface area (Å²) in [6, 6.07) is 16.2. The molecule has 1 saturated heterocycles. The highest BCUT2D eigenvalue weighted by Crippen LogP contribution is 2.38. The van der Waals surface area contributed by atoms with Crippen molar-refractivity contribution in [3.63, 3.8) is 0 Å². The summed E-state index contributed by atoms with van der Waals surface area (Å²) in [6.45, 7) is 3.04. The molecule has 0 aliphatic carbocycles. The van der Waals surface area contributed by atoms with Gasteiger partial charge in [0.15, 0.2) is 0 Å². The van der Waals surface area contributed by atoms with E-state index in [0.717, 1.165) is 35.8 Å². The largest absolute Gasteiger partial charge is 0.418 e. The third kappa shape index (κ3) is 8.66. The number of nitrogens with zero attached hydrogens (tertiary/aromatic N) is 4. The molecule has 3 aliphatic heterocycles. The lowest BCUT2D eigenvalue weighted by molar-refractivity contribution is -0.142. The fraction of sp³-hybridized carbons (Fsp3) is 0.462. The van der Waals surface area contributed by atoms with Crippen LogP contribution in [0.3, 0.4) is 0 Å². The lowest BCUT2D eigenvalue weighted by Gasteiger charge is -2.38. The van der Waals surface area contributed by atoms with Crippen LogP contribution < -0.4 is 11.1 Å². The summed E-state index contributed by atoms with van der Waals surface area (Å²) >= 11 is 6.18. The number of likely N-dealkylation sites (tertiary alicyclic amines) is 1. The van der Waals surface area contributed by atoms with Crippen molar-refractivity contribution < 1.29 is 27.6 Å². The molecule has 3 aromatic rings. The number of para-hydroxylation sites is 1. The molecule has 13 heteroatoms. The first-order valence-electron chi connectivity index (χ1n) is 17.9. The molecule has 1 unspecified atom stereocenters. The predicted molar refractivity (Wildman–Crippen MR) is 196 cm³/mol. The molecule has 3 N–H and O–H groups in total. The molecule has 0 bridgehead atoms. The highest BCUT2D eigenvalue weighted by molar-refractivity contribution is 6.33. The van der Waals surface area contributed by atoms with Gasteiger partial charge in [0.05, 0.1) is 22.2 Å². The summed E-state index contributed by atoms with van der Waals surface area (Å²) in [5.74, 6) is -1.42. The van der Waals surface area contributed by atoms with Crippen molar-refractivity contribution in [3.8, 4) is 0 Å². The highest BCUT2D eigenvalue weighted by atomic mass is 35.5. The van der Waals surface area contributed by atoms with E-state index in [-0.39, 0.29) is 47.3 Å². The molecular weight excluding hydrogens is 693 g/mol. The number of hydrogen-bond acceptors (Lipinski definition) is 5. The van der Waals surface area contributed by atoms with E-state index in [1.165, 1.54) is 17.2 Å². The number of nitrogens with two attached hydrogens (primary N) is 1. The summed E-state index contributed by atoms with van der Waals surface area (Å²) in [5, 5.41) is 2.77. The topological polar surface area (TPSA) is 102 Å². The van der Waals surface area contributed by atoms with E-state index in [9.17, 15) is 27.6 Å². The zero-order valence-corrected chi connectivity index (χ0v) is 30.4. The van der Waals surface area contributed by atoms with Gasteiger partial charge in [-0.25, -0.2) is 4.79 Å². The van der Waals surface area contributed by atoms with Crippen molar-refractivity contribution in [2.45, 2.75) is 63.7 Å². The minimum absolute atomic E-state index is 0.0505. The normalized spacial score (nSPS) is 17.6. The average molecular weight is 739 g/mol. The molecule has 9 nitrogen and oxygen atoms in total. The maximum Gasteiger partial charge on any atom is 0.418 e. The quantitative estimate of drug-likeness (QED) is 0.266. The van der Waals surface area contributed by atoms with Crippen molar-refractivity contribution in [1.82, 2.24) is 19.6 Å². The number of nitrogen functional groups attached to an aromatic ring is 1. The van der Waals surface area contributed by atoms with Gasteiger partial charge in [-0.2, -0.15) is 13.2 Å². The molecule has 278 valence electrons. The number of anilines is 2. The molecule has 0 radical (unpaired) electrons. The molecular formula is C39H46ClF3N6O3. The van der Waals surface area contributed by atoms with E-state index in [0.29, 0.717) is 58.4 Å². The summed E-state index contributed by atoms with van der Waals surface area (Å²) in [6.07, 6.45) is -1.85. The van der Waals surface area contributed by atoms with Gasteiger partial charge in [0.25, 0.3) is 0 Å². The molecule has 3 aromatic carbocycles. The van der Waals surface area contributed by atoms with Crippen LogP contribution in [-0.4, -0.2) is 90.3 Å². The summed E-state index contributed by atoms with van der Waals surface area (Å²) in [5.41, 5.74) is 9.67. The predicted octanol–water partition coefficient (Wildman–Crippen LogP) is 6.26. The zero-order valence-electron chi connectivity index (χ0n) is 29.6. The Balaban J connectivity index is 1.16. The maximum absolute atomic E-state index is 14.3. The van der Waals surface area contributed by atoms with Gasteiger partial charge < -0.3 is 30.7 Å². The lowest BCUT2D eigenvalue weighted by atomic mass is 9.92. The van der Waals surface area contributed by atoms with Crippen molar-refractivity contribution >= 4 is 40.8 Å². The number of piperidine rings is 1. The van der Waals surface area contributed by atoms with Gasteiger partial charge in [0.2, 0.25) is 11.8 Å². The molecule has 4 amide bonds. The van der Waals surface area contributed by atoms with E-state index in [2.05, 4.69) is 28.4 Å². The Bertz CT molecular complexity index is 1810. The number of carbonyl (C=O) groups excluding carboxylic acids is 3. The van der Waals surface area contributed by atoms with E-state index in [4.69, 9.17) is 17.3 Å². The van der Waals surface area contributed by atoms with Gasteiger partial charge in [-0.1, -0.05) is 48.0 Å². The number of fused-ring (bicyclic) bond motifs is 2. The van der Waals surface area contributed by atoms with Crippen molar-refractivity contribution in [2.24, 2.45) is 5.92 Å². The van der Waals surface area contributed by atoms with E-state index in [1.54, 1.807) is 9.80 Å². The number of urea groups is 1. The molecule has 6 rings (SSSR count). The smallest absolute Gasteiger partial charge is 0.397 e. The first kappa shape index (κ1) is 37.5. The molecule has 0 spiro atoms. The van der Waals surface area contributed by atoms with Gasteiger partial charge >= 0.3 is 12.2 Å². The number of carbonyl (C=O) groups is 3. The van der Waals surface area contributed by atoms with E-state index >= 15 is 0 Å². The number of amides is 4. The van der Waals surface area contributed by atoms with Gasteiger partial charge in [-0.05, 0) is 98.6 Å². The first-order valence-corrected chi connectivity index (χ1v) is 18.3. The molecule has 1 fully saturated rings. The third-order valence-electron chi connectivity index (χ3n) is 10.5. The van der Waals surface area contributed by atoms with Gasteiger partial charge in [0.1, 0.15) is 0 Å². The second-order valence-corrected chi connectivity index (χ2v) is 14.9. The van der Waals surface area contributed by atoms with Crippen LogP contribution in [0.15, 0.2) is 54.6 Å². The van der Waals surface area contributed by atoms with E-state index < -0.39 is 23.3 Å². The van der Waals surface area contributed by atoms with Gasteiger partial charge in [-0.3, -0.25) is 9.59 Å². The van der Waals surface area contributed by atoms with Crippen LogP contribution in [0, 0.1) is 5.92 Å². The molecule has 3 heterocycles. The van der Waals surface area contributed by atoms with Crippen LogP contribution in [0.2, 0.25) is 5.02 Å². The fourth-order valence-electron chi connectivity index (χ4n) is 7.78. The number of halogens is 4. The number of nitrogens with one attached hydrogen (secondary N) is 1. The fourth-order valence-corrected chi connectivity index (χ4v) is 8.03. The van der Waals surface area contributed by atoms with Crippen LogP contribution >= 0.6 is 11.6 Å². The number of alkyl halides is 3. The maximum atomic E-state index is 14.3. The first-order chi connectivity index (χ1) is 24.8. The SMILES string of the molecule is CN(C)Cc1ccc2c(c1)CCN(C(=O)C(CC(=O)N1CCC(N3CCc4ccccc4NC3=O)CC1)Cc1cc(Cl)c(N)c(C(F)(F)F)c1)CC2. The molecule has 3 aliphatic rings. The molecule has 0 saturated carbocycles. The second kappa shape index (κ2) is 15.8. The molecule has 1 atom stereocenters. The zero-order chi connectivity index (χ0) is 37.2. The van der Waals surface area contributed by atoms with Crippen molar-refractivity contribution in [2.75, 3.05) is 57.9 Å². The monoisotopic (exact) mass is 738 g/mol. The standard InChI is InChI=1S/C39H46ClF3N6O3/c1-46(2)24-25-7-8-27-9-14-48(15-10-29(27)19-25)37(51)30(20-26-21-32(39(41,42)43)36(44)33(40)22-26)23-35(50)47-16-12-31(13-17-47)49-18-11-28-5-3-4-6-34(28)45-38(49)52/h3-8,19,21-22,30-31H,9-18,20,23-24,44H2,1-2H3,(H,45,52). The van der Waals surface area contributed by atoms with Crippen molar-refractivity contribution in [3.05, 3.63) is 93.0 Å². The Labute approximate surface area is 307 Å². The lowest BCUT2D eigenvalue weighted by Crippen LogP contribution is -2.50. The Hall–Kier alpha value is -4.29. The van der Waals surface area contributed by atoms with Gasteiger partial charge in [-0.15, -0.1) is 0 Å². The van der Waals surface area contributed by atoms with Gasteiger partial charge in [0, 0.05) is 57.4 Å².